The Bertz CT molecular complexity index is 441. The fraction of sp³-hybridized carbons (Fsp3) is 0.600. The number of pyridine rings is 1. The highest BCUT2D eigenvalue weighted by atomic mass is 16.6. The summed E-state index contributed by atoms with van der Waals surface area (Å²) in [7, 11) is 0. The van der Waals surface area contributed by atoms with Crippen LogP contribution in [-0.2, 0) is 9.53 Å². The van der Waals surface area contributed by atoms with Gasteiger partial charge in [0.15, 0.2) is 0 Å². The third-order valence-corrected chi connectivity index (χ3v) is 2.44. The van der Waals surface area contributed by atoms with Crippen molar-refractivity contribution in [2.75, 3.05) is 6.61 Å². The molecule has 1 heterocycles. The van der Waals surface area contributed by atoms with Gasteiger partial charge in [0.25, 0.3) is 0 Å². The summed E-state index contributed by atoms with van der Waals surface area (Å²) in [5.41, 5.74) is 6.29. The Kier molecular flexibility index (Phi) is 5.95. The van der Waals surface area contributed by atoms with E-state index in [1.54, 1.807) is 12.4 Å². The van der Waals surface area contributed by atoms with E-state index in [1.807, 2.05) is 33.8 Å². The second-order valence-corrected chi connectivity index (χ2v) is 5.70. The highest BCUT2D eigenvalue weighted by Gasteiger charge is 2.19. The van der Waals surface area contributed by atoms with E-state index in [0.717, 1.165) is 12.0 Å². The van der Waals surface area contributed by atoms with Gasteiger partial charge in [0.2, 0.25) is 0 Å². The molecule has 112 valence electrons. The first-order valence-electron chi connectivity index (χ1n) is 6.87. The summed E-state index contributed by atoms with van der Waals surface area (Å²) in [4.78, 5) is 15.8. The van der Waals surface area contributed by atoms with E-state index in [4.69, 9.17) is 15.2 Å². The van der Waals surface area contributed by atoms with Crippen LogP contribution in [0.3, 0.4) is 0 Å². The molecule has 0 aromatic carbocycles. The summed E-state index contributed by atoms with van der Waals surface area (Å²) in [5, 5.41) is 0. The van der Waals surface area contributed by atoms with Gasteiger partial charge < -0.3 is 15.2 Å². The molecule has 0 aliphatic carbocycles. The minimum Gasteiger partial charge on any atom is -0.492 e. The molecule has 20 heavy (non-hydrogen) atoms. The van der Waals surface area contributed by atoms with Gasteiger partial charge in [-0.05, 0) is 38.8 Å². The van der Waals surface area contributed by atoms with E-state index in [2.05, 4.69) is 4.98 Å². The Morgan fingerprint density at radius 1 is 1.40 bits per heavy atom. The standard InChI is InChI=1S/C15H24N2O3/c1-5-6-19-12-7-11(9-17-10-12)13(16)8-14(18)20-15(2,3)4/h7,9-10,13H,5-6,8,16H2,1-4H3/t13-/m0/s1. The van der Waals surface area contributed by atoms with Crippen LogP contribution in [0.2, 0.25) is 0 Å². The van der Waals surface area contributed by atoms with Gasteiger partial charge in [0.1, 0.15) is 11.4 Å². The highest BCUT2D eigenvalue weighted by molar-refractivity contribution is 5.70. The number of hydrogen-bond acceptors (Lipinski definition) is 5. The van der Waals surface area contributed by atoms with E-state index in [9.17, 15) is 4.79 Å². The average Bonchev–Trinajstić information content (AvgIpc) is 2.34. The minimum atomic E-state index is -0.499. The first-order chi connectivity index (χ1) is 9.31. The molecule has 2 N–H and O–H groups in total. The van der Waals surface area contributed by atoms with Crippen molar-refractivity contribution in [1.82, 2.24) is 4.98 Å². The summed E-state index contributed by atoms with van der Waals surface area (Å²) in [6.07, 6.45) is 4.33. The molecule has 0 saturated carbocycles. The first kappa shape index (κ1) is 16.4. The maximum absolute atomic E-state index is 11.7. The normalized spacial score (nSPS) is 12.8. The van der Waals surface area contributed by atoms with Gasteiger partial charge in [0.05, 0.1) is 19.2 Å². The number of nitrogens with two attached hydrogens (primary N) is 1. The Hall–Kier alpha value is -1.62. The number of nitrogens with zero attached hydrogens (tertiary/aromatic N) is 1. The van der Waals surface area contributed by atoms with E-state index >= 15 is 0 Å². The molecule has 0 unspecified atom stereocenters. The molecular weight excluding hydrogens is 256 g/mol. The van der Waals surface area contributed by atoms with Crippen molar-refractivity contribution in [2.45, 2.75) is 52.2 Å². The molecule has 0 radical (unpaired) electrons. The number of ether oxygens (including phenoxy) is 2. The summed E-state index contributed by atoms with van der Waals surface area (Å²) < 4.78 is 10.8. The molecule has 0 aliphatic heterocycles. The Labute approximate surface area is 120 Å². The number of carbonyl (C=O) groups is 1. The molecule has 1 aromatic rings. The molecule has 1 aromatic heterocycles. The first-order valence-corrected chi connectivity index (χ1v) is 6.87. The van der Waals surface area contributed by atoms with E-state index in [-0.39, 0.29) is 12.4 Å². The predicted octanol–water partition coefficient (Wildman–Crippen LogP) is 2.60. The molecule has 1 rings (SSSR count). The molecule has 0 saturated heterocycles. The summed E-state index contributed by atoms with van der Waals surface area (Å²) in [6, 6.07) is 1.38. The SMILES string of the molecule is CCCOc1cncc([C@@H](N)CC(=O)OC(C)(C)C)c1. The van der Waals surface area contributed by atoms with Crippen LogP contribution < -0.4 is 10.5 Å². The number of rotatable bonds is 6. The Morgan fingerprint density at radius 3 is 2.70 bits per heavy atom. The van der Waals surface area contributed by atoms with Gasteiger partial charge >= 0.3 is 5.97 Å². The minimum absolute atomic E-state index is 0.121. The monoisotopic (exact) mass is 280 g/mol. The van der Waals surface area contributed by atoms with Crippen LogP contribution in [0.15, 0.2) is 18.5 Å². The highest BCUT2D eigenvalue weighted by Crippen LogP contribution is 2.20. The fourth-order valence-electron chi connectivity index (χ4n) is 1.62. The lowest BCUT2D eigenvalue weighted by atomic mass is 10.1. The second kappa shape index (κ2) is 7.24. The molecular formula is C15H24N2O3. The molecule has 0 spiro atoms. The number of esters is 1. The van der Waals surface area contributed by atoms with Crippen LogP contribution in [0.5, 0.6) is 5.75 Å². The van der Waals surface area contributed by atoms with Crippen LogP contribution in [0.25, 0.3) is 0 Å². The lowest BCUT2D eigenvalue weighted by Gasteiger charge is -2.21. The van der Waals surface area contributed by atoms with E-state index in [0.29, 0.717) is 12.4 Å². The van der Waals surface area contributed by atoms with Crippen molar-refractivity contribution in [2.24, 2.45) is 5.73 Å². The molecule has 0 fully saturated rings. The lowest BCUT2D eigenvalue weighted by Crippen LogP contribution is -2.26. The molecule has 1 atom stereocenters. The Balaban J connectivity index is 2.62. The summed E-state index contributed by atoms with van der Waals surface area (Å²) in [6.45, 7) is 8.16. The van der Waals surface area contributed by atoms with Crippen LogP contribution in [0.4, 0.5) is 0 Å². The van der Waals surface area contributed by atoms with E-state index < -0.39 is 11.6 Å². The summed E-state index contributed by atoms with van der Waals surface area (Å²) in [5.74, 6) is 0.355. The lowest BCUT2D eigenvalue weighted by molar-refractivity contribution is -0.155. The van der Waals surface area contributed by atoms with Crippen molar-refractivity contribution in [3.63, 3.8) is 0 Å². The Morgan fingerprint density at radius 2 is 2.10 bits per heavy atom. The van der Waals surface area contributed by atoms with E-state index in [1.165, 1.54) is 0 Å². The van der Waals surface area contributed by atoms with Gasteiger partial charge in [-0.15, -0.1) is 0 Å². The molecule has 0 bridgehead atoms. The van der Waals surface area contributed by atoms with Gasteiger partial charge in [-0.25, -0.2) is 0 Å². The van der Waals surface area contributed by atoms with Gasteiger partial charge in [-0.3, -0.25) is 9.78 Å². The van der Waals surface area contributed by atoms with Crippen LogP contribution in [-0.4, -0.2) is 23.2 Å². The van der Waals surface area contributed by atoms with Crippen molar-refractivity contribution < 1.29 is 14.3 Å². The van der Waals surface area contributed by atoms with Crippen molar-refractivity contribution in [3.8, 4) is 5.75 Å². The zero-order valence-electron chi connectivity index (χ0n) is 12.7. The molecule has 0 aliphatic rings. The number of aromatic nitrogens is 1. The average molecular weight is 280 g/mol. The van der Waals surface area contributed by atoms with Crippen LogP contribution >= 0.6 is 0 Å². The van der Waals surface area contributed by atoms with Crippen molar-refractivity contribution in [1.29, 1.82) is 0 Å². The van der Waals surface area contributed by atoms with Crippen molar-refractivity contribution >= 4 is 5.97 Å². The van der Waals surface area contributed by atoms with Gasteiger partial charge in [-0.2, -0.15) is 0 Å². The zero-order chi connectivity index (χ0) is 15.2. The topological polar surface area (TPSA) is 74.4 Å². The van der Waals surface area contributed by atoms with Crippen LogP contribution in [0, 0.1) is 0 Å². The molecule has 5 heteroatoms. The summed E-state index contributed by atoms with van der Waals surface area (Å²) >= 11 is 0. The fourth-order valence-corrected chi connectivity index (χ4v) is 1.62. The second-order valence-electron chi connectivity index (χ2n) is 5.70. The number of carbonyl (C=O) groups excluding carboxylic acids is 1. The third kappa shape index (κ3) is 6.02. The smallest absolute Gasteiger partial charge is 0.308 e. The molecule has 5 nitrogen and oxygen atoms in total. The predicted molar refractivity (Wildman–Crippen MR) is 77.4 cm³/mol. The quantitative estimate of drug-likeness (QED) is 0.811. The van der Waals surface area contributed by atoms with Gasteiger partial charge in [-0.1, -0.05) is 6.92 Å². The third-order valence-electron chi connectivity index (χ3n) is 2.44. The largest absolute Gasteiger partial charge is 0.492 e. The number of hydrogen-bond donors (Lipinski definition) is 1. The maximum Gasteiger partial charge on any atom is 0.308 e. The molecule has 0 amide bonds. The maximum atomic E-state index is 11.7. The van der Waals surface area contributed by atoms with Gasteiger partial charge in [0, 0.05) is 12.2 Å². The van der Waals surface area contributed by atoms with Crippen LogP contribution in [0.1, 0.15) is 52.1 Å². The zero-order valence-corrected chi connectivity index (χ0v) is 12.7. The van der Waals surface area contributed by atoms with Crippen molar-refractivity contribution in [3.05, 3.63) is 24.0 Å².